The maximum atomic E-state index is 12.3. The van der Waals surface area contributed by atoms with Crippen LogP contribution >= 0.6 is 34.7 Å². The van der Waals surface area contributed by atoms with Crippen molar-refractivity contribution in [3.8, 4) is 11.5 Å². The standard InChI is InChI=1S/C19H19ClN4O3S2/c1-11-13(20)5-4-6-14(11)22-18-23-24-19(29-18)28-10-17(25)21-15-8-7-12(26-2)9-16(15)27-3/h4-9H,10H2,1-3H3,(H,21,25)(H,22,23). The number of nitrogens with one attached hydrogen (secondary N) is 2. The Morgan fingerprint density at radius 1 is 1.17 bits per heavy atom. The number of anilines is 3. The number of methoxy groups -OCH3 is 2. The number of aromatic nitrogens is 2. The van der Waals surface area contributed by atoms with Crippen LogP contribution in [0.1, 0.15) is 5.56 Å². The molecule has 0 aliphatic carbocycles. The molecule has 2 aromatic carbocycles. The Bertz CT molecular complexity index is 1010. The lowest BCUT2D eigenvalue weighted by Crippen LogP contribution is -2.14. The van der Waals surface area contributed by atoms with E-state index in [9.17, 15) is 4.79 Å². The van der Waals surface area contributed by atoms with Crippen molar-refractivity contribution < 1.29 is 14.3 Å². The van der Waals surface area contributed by atoms with Gasteiger partial charge in [-0.15, -0.1) is 10.2 Å². The van der Waals surface area contributed by atoms with Crippen LogP contribution in [-0.2, 0) is 4.79 Å². The zero-order valence-corrected chi connectivity index (χ0v) is 18.4. The Hall–Kier alpha value is -2.49. The molecule has 0 saturated carbocycles. The van der Waals surface area contributed by atoms with Gasteiger partial charge in [0.25, 0.3) is 0 Å². The van der Waals surface area contributed by atoms with E-state index < -0.39 is 0 Å². The molecule has 2 N–H and O–H groups in total. The molecule has 0 atom stereocenters. The molecule has 29 heavy (non-hydrogen) atoms. The predicted octanol–water partition coefficient (Wildman–Crippen LogP) is 4.99. The molecule has 0 fully saturated rings. The molecule has 0 bridgehead atoms. The van der Waals surface area contributed by atoms with E-state index in [1.165, 1.54) is 30.2 Å². The number of hydrogen-bond donors (Lipinski definition) is 2. The number of rotatable bonds is 8. The van der Waals surface area contributed by atoms with Gasteiger partial charge in [0.05, 0.1) is 25.7 Å². The molecule has 0 saturated heterocycles. The lowest BCUT2D eigenvalue weighted by atomic mass is 10.2. The molecule has 0 unspecified atom stereocenters. The normalized spacial score (nSPS) is 10.5. The van der Waals surface area contributed by atoms with E-state index >= 15 is 0 Å². The lowest BCUT2D eigenvalue weighted by Gasteiger charge is -2.11. The first-order valence-corrected chi connectivity index (χ1v) is 10.7. The van der Waals surface area contributed by atoms with Gasteiger partial charge < -0.3 is 20.1 Å². The van der Waals surface area contributed by atoms with Crippen molar-refractivity contribution in [3.63, 3.8) is 0 Å². The summed E-state index contributed by atoms with van der Waals surface area (Å²) in [6, 6.07) is 10.8. The highest BCUT2D eigenvalue weighted by molar-refractivity contribution is 8.01. The second kappa shape index (κ2) is 9.82. The minimum absolute atomic E-state index is 0.172. The summed E-state index contributed by atoms with van der Waals surface area (Å²) in [6.07, 6.45) is 0. The number of nitrogens with zero attached hydrogens (tertiary/aromatic N) is 2. The molecular formula is C19H19ClN4O3S2. The van der Waals surface area contributed by atoms with Crippen LogP contribution < -0.4 is 20.1 Å². The van der Waals surface area contributed by atoms with Crippen molar-refractivity contribution in [1.29, 1.82) is 0 Å². The van der Waals surface area contributed by atoms with Gasteiger partial charge in [0, 0.05) is 16.8 Å². The molecule has 7 nitrogen and oxygen atoms in total. The van der Waals surface area contributed by atoms with Gasteiger partial charge in [0.2, 0.25) is 11.0 Å². The van der Waals surface area contributed by atoms with E-state index in [0.717, 1.165) is 11.3 Å². The van der Waals surface area contributed by atoms with E-state index in [4.69, 9.17) is 21.1 Å². The molecule has 0 radical (unpaired) electrons. The van der Waals surface area contributed by atoms with Gasteiger partial charge in [-0.2, -0.15) is 0 Å². The highest BCUT2D eigenvalue weighted by Crippen LogP contribution is 2.32. The third kappa shape index (κ3) is 5.53. The molecule has 0 spiro atoms. The smallest absolute Gasteiger partial charge is 0.234 e. The van der Waals surface area contributed by atoms with Crippen molar-refractivity contribution in [1.82, 2.24) is 10.2 Å². The van der Waals surface area contributed by atoms with Crippen molar-refractivity contribution in [2.24, 2.45) is 0 Å². The summed E-state index contributed by atoms with van der Waals surface area (Å²) < 4.78 is 11.1. The average Bonchev–Trinajstić information content (AvgIpc) is 3.17. The first kappa shape index (κ1) is 21.2. The second-order valence-corrected chi connectivity index (χ2v) is 8.42. The topological polar surface area (TPSA) is 85.4 Å². The van der Waals surface area contributed by atoms with Gasteiger partial charge in [0.1, 0.15) is 11.5 Å². The van der Waals surface area contributed by atoms with E-state index in [0.29, 0.717) is 31.7 Å². The fourth-order valence-corrected chi connectivity index (χ4v) is 4.13. The zero-order chi connectivity index (χ0) is 20.8. The summed E-state index contributed by atoms with van der Waals surface area (Å²) in [7, 11) is 3.11. The van der Waals surface area contributed by atoms with E-state index in [1.54, 1.807) is 25.3 Å². The lowest BCUT2D eigenvalue weighted by molar-refractivity contribution is -0.113. The molecule has 10 heteroatoms. The van der Waals surface area contributed by atoms with Crippen LogP contribution in [0.5, 0.6) is 11.5 Å². The first-order valence-electron chi connectivity index (χ1n) is 8.50. The van der Waals surface area contributed by atoms with E-state index in [-0.39, 0.29) is 11.7 Å². The van der Waals surface area contributed by atoms with Crippen LogP contribution in [0, 0.1) is 6.92 Å². The van der Waals surface area contributed by atoms with Gasteiger partial charge in [-0.05, 0) is 36.8 Å². The molecule has 3 rings (SSSR count). The van der Waals surface area contributed by atoms with Gasteiger partial charge in [-0.25, -0.2) is 0 Å². The summed E-state index contributed by atoms with van der Waals surface area (Å²) in [5.74, 6) is 1.20. The molecule has 3 aromatic rings. The largest absolute Gasteiger partial charge is 0.497 e. The average molecular weight is 451 g/mol. The third-order valence-electron chi connectivity index (χ3n) is 3.93. The number of carbonyl (C=O) groups excluding carboxylic acids is 1. The first-order chi connectivity index (χ1) is 14.0. The molecule has 1 heterocycles. The van der Waals surface area contributed by atoms with Gasteiger partial charge >= 0.3 is 0 Å². The number of ether oxygens (including phenoxy) is 2. The summed E-state index contributed by atoms with van der Waals surface area (Å²) in [5, 5.41) is 15.6. The van der Waals surface area contributed by atoms with Gasteiger partial charge in [-0.3, -0.25) is 4.79 Å². The van der Waals surface area contributed by atoms with Gasteiger partial charge in [0.15, 0.2) is 4.34 Å². The second-order valence-electron chi connectivity index (χ2n) is 5.81. The molecule has 0 aliphatic heterocycles. The van der Waals surface area contributed by atoms with E-state index in [2.05, 4.69) is 20.8 Å². The molecule has 1 aromatic heterocycles. The van der Waals surface area contributed by atoms with Gasteiger partial charge in [-0.1, -0.05) is 40.8 Å². The summed E-state index contributed by atoms with van der Waals surface area (Å²) in [5.41, 5.74) is 2.39. The molecule has 152 valence electrons. The highest BCUT2D eigenvalue weighted by atomic mass is 35.5. The quantitative estimate of drug-likeness (QED) is 0.467. The van der Waals surface area contributed by atoms with Crippen LogP contribution in [0.4, 0.5) is 16.5 Å². The van der Waals surface area contributed by atoms with Crippen LogP contribution in [-0.4, -0.2) is 36.1 Å². The number of halogens is 1. The maximum absolute atomic E-state index is 12.3. The predicted molar refractivity (Wildman–Crippen MR) is 118 cm³/mol. The molecule has 1 amide bonds. The molecular weight excluding hydrogens is 432 g/mol. The zero-order valence-electron chi connectivity index (χ0n) is 16.0. The van der Waals surface area contributed by atoms with Crippen LogP contribution in [0.15, 0.2) is 40.7 Å². The fourth-order valence-electron chi connectivity index (χ4n) is 2.39. The minimum atomic E-state index is -0.172. The van der Waals surface area contributed by atoms with Crippen LogP contribution in [0.2, 0.25) is 5.02 Å². The monoisotopic (exact) mass is 450 g/mol. The van der Waals surface area contributed by atoms with Crippen molar-refractivity contribution >= 4 is 57.1 Å². The Morgan fingerprint density at radius 2 is 2.00 bits per heavy atom. The maximum Gasteiger partial charge on any atom is 0.234 e. The fraction of sp³-hybridized carbons (Fsp3) is 0.211. The Labute approximate surface area is 181 Å². The Kier molecular flexibility index (Phi) is 7.18. The van der Waals surface area contributed by atoms with E-state index in [1.807, 2.05) is 25.1 Å². The number of carbonyl (C=O) groups is 1. The summed E-state index contributed by atoms with van der Waals surface area (Å²) in [4.78, 5) is 12.3. The Morgan fingerprint density at radius 3 is 2.76 bits per heavy atom. The number of benzene rings is 2. The highest BCUT2D eigenvalue weighted by Gasteiger charge is 2.12. The van der Waals surface area contributed by atoms with Crippen LogP contribution in [0.3, 0.4) is 0 Å². The Balaban J connectivity index is 1.57. The van der Waals surface area contributed by atoms with Crippen molar-refractivity contribution in [3.05, 3.63) is 47.0 Å². The minimum Gasteiger partial charge on any atom is -0.497 e. The number of amides is 1. The van der Waals surface area contributed by atoms with Crippen molar-refractivity contribution in [2.75, 3.05) is 30.6 Å². The van der Waals surface area contributed by atoms with Crippen molar-refractivity contribution in [2.45, 2.75) is 11.3 Å². The molecule has 0 aliphatic rings. The van der Waals surface area contributed by atoms with Crippen LogP contribution in [0.25, 0.3) is 0 Å². The third-order valence-corrected chi connectivity index (χ3v) is 6.31. The summed E-state index contributed by atoms with van der Waals surface area (Å²) in [6.45, 7) is 1.93. The number of hydrogen-bond acceptors (Lipinski definition) is 8. The summed E-state index contributed by atoms with van der Waals surface area (Å²) >= 11 is 8.82. The number of thioether (sulfide) groups is 1. The SMILES string of the molecule is COc1ccc(NC(=O)CSc2nnc(Nc3cccc(Cl)c3C)s2)c(OC)c1.